The van der Waals surface area contributed by atoms with E-state index in [2.05, 4.69) is 10.2 Å². The first-order chi connectivity index (χ1) is 14.6. The summed E-state index contributed by atoms with van der Waals surface area (Å²) in [5.74, 6) is -0.0680. The maximum Gasteiger partial charge on any atom is 0.273 e. The molecule has 1 atom stereocenters. The van der Waals surface area contributed by atoms with Crippen LogP contribution in [0.25, 0.3) is 11.3 Å². The van der Waals surface area contributed by atoms with Crippen LogP contribution in [0.2, 0.25) is 10.0 Å². The molecule has 0 saturated carbocycles. The Morgan fingerprint density at radius 3 is 2.17 bits per heavy atom. The molecule has 1 aliphatic heterocycles. The lowest BCUT2D eigenvalue weighted by Crippen LogP contribution is -2.29. The van der Waals surface area contributed by atoms with Crippen molar-refractivity contribution < 1.29 is 4.79 Å². The lowest BCUT2D eigenvalue weighted by molar-refractivity contribution is 0.0730. The van der Waals surface area contributed by atoms with Crippen LogP contribution in [0.1, 0.15) is 33.2 Å². The van der Waals surface area contributed by atoms with Crippen LogP contribution >= 0.6 is 23.2 Å². The van der Waals surface area contributed by atoms with E-state index >= 15 is 0 Å². The summed E-state index contributed by atoms with van der Waals surface area (Å²) in [5.41, 5.74) is 5.11. The maximum absolute atomic E-state index is 13.4. The standard InChI is InChI=1S/C24H17Cl2N3O/c25-18-10-6-16(7-11-18)21-20-22(28-27-21)24(30)29(14-15-4-2-1-3-5-15)23(20)17-8-12-19(26)13-9-17/h1-13,23H,14H2,(H,27,28). The zero-order valence-corrected chi connectivity index (χ0v) is 17.4. The van der Waals surface area contributed by atoms with Gasteiger partial charge in [0.2, 0.25) is 0 Å². The summed E-state index contributed by atoms with van der Waals surface area (Å²) in [7, 11) is 0. The van der Waals surface area contributed by atoms with E-state index in [9.17, 15) is 4.79 Å². The first-order valence-corrected chi connectivity index (χ1v) is 10.3. The molecule has 148 valence electrons. The number of carbonyl (C=O) groups is 1. The third kappa shape index (κ3) is 3.28. The van der Waals surface area contributed by atoms with Gasteiger partial charge in [-0.1, -0.05) is 77.8 Å². The smallest absolute Gasteiger partial charge is 0.273 e. The zero-order chi connectivity index (χ0) is 20.7. The first-order valence-electron chi connectivity index (χ1n) is 9.56. The molecule has 1 aromatic heterocycles. The molecule has 5 rings (SSSR count). The summed E-state index contributed by atoms with van der Waals surface area (Å²) in [6.45, 7) is 0.496. The summed E-state index contributed by atoms with van der Waals surface area (Å²) < 4.78 is 0. The van der Waals surface area contributed by atoms with Gasteiger partial charge in [0, 0.05) is 27.7 Å². The van der Waals surface area contributed by atoms with E-state index in [4.69, 9.17) is 23.2 Å². The zero-order valence-electron chi connectivity index (χ0n) is 15.8. The molecule has 3 aromatic carbocycles. The van der Waals surface area contributed by atoms with Crippen molar-refractivity contribution in [1.82, 2.24) is 15.1 Å². The molecule has 6 heteroatoms. The molecule has 0 aliphatic carbocycles. The molecule has 1 amide bonds. The van der Waals surface area contributed by atoms with Crippen molar-refractivity contribution in [3.05, 3.63) is 111 Å². The average molecular weight is 434 g/mol. The Bertz CT molecular complexity index is 1200. The van der Waals surface area contributed by atoms with E-state index in [1.807, 2.05) is 83.8 Å². The minimum Gasteiger partial charge on any atom is -0.322 e. The maximum atomic E-state index is 13.4. The second-order valence-electron chi connectivity index (χ2n) is 7.24. The van der Waals surface area contributed by atoms with Crippen LogP contribution in [-0.2, 0) is 6.54 Å². The number of halogens is 2. The van der Waals surface area contributed by atoms with Crippen LogP contribution in [0, 0.1) is 0 Å². The largest absolute Gasteiger partial charge is 0.322 e. The first kappa shape index (κ1) is 18.9. The predicted molar refractivity (Wildman–Crippen MR) is 119 cm³/mol. The van der Waals surface area contributed by atoms with Gasteiger partial charge in [0.1, 0.15) is 5.69 Å². The van der Waals surface area contributed by atoms with Gasteiger partial charge in [-0.3, -0.25) is 9.89 Å². The highest BCUT2D eigenvalue weighted by Crippen LogP contribution is 2.43. The fraction of sp³-hybridized carbons (Fsp3) is 0.0833. The molecule has 0 saturated heterocycles. The number of amides is 1. The van der Waals surface area contributed by atoms with Crippen molar-refractivity contribution >= 4 is 29.1 Å². The van der Waals surface area contributed by atoms with E-state index in [-0.39, 0.29) is 11.9 Å². The summed E-state index contributed by atoms with van der Waals surface area (Å²) in [6.07, 6.45) is 0. The van der Waals surface area contributed by atoms with Gasteiger partial charge >= 0.3 is 0 Å². The Hall–Kier alpha value is -3.08. The second kappa shape index (κ2) is 7.63. The number of hydrogen-bond donors (Lipinski definition) is 1. The number of nitrogens with one attached hydrogen (secondary N) is 1. The molecule has 1 aliphatic rings. The van der Waals surface area contributed by atoms with Gasteiger partial charge in [0.05, 0.1) is 11.7 Å². The Labute approximate surface area is 184 Å². The Kier molecular flexibility index (Phi) is 4.81. The van der Waals surface area contributed by atoms with Gasteiger partial charge in [-0.2, -0.15) is 5.10 Å². The van der Waals surface area contributed by atoms with Gasteiger partial charge in [-0.05, 0) is 35.4 Å². The molecule has 0 radical (unpaired) electrons. The van der Waals surface area contributed by atoms with E-state index in [0.29, 0.717) is 22.3 Å². The fourth-order valence-corrected chi connectivity index (χ4v) is 4.21. The van der Waals surface area contributed by atoms with Crippen molar-refractivity contribution in [2.75, 3.05) is 0 Å². The highest BCUT2D eigenvalue weighted by Gasteiger charge is 2.42. The third-order valence-corrected chi connectivity index (χ3v) is 5.87. The number of rotatable bonds is 4. The Morgan fingerprint density at radius 2 is 1.50 bits per heavy atom. The molecule has 0 fully saturated rings. The average Bonchev–Trinajstić information content (AvgIpc) is 3.30. The van der Waals surface area contributed by atoms with Gasteiger partial charge in [-0.25, -0.2) is 0 Å². The highest BCUT2D eigenvalue weighted by molar-refractivity contribution is 6.30. The van der Waals surface area contributed by atoms with Crippen LogP contribution in [0.3, 0.4) is 0 Å². The summed E-state index contributed by atoms with van der Waals surface area (Å²) >= 11 is 12.2. The number of benzene rings is 3. The van der Waals surface area contributed by atoms with Crippen LogP contribution in [0.15, 0.2) is 78.9 Å². The molecule has 0 bridgehead atoms. The van der Waals surface area contributed by atoms with Crippen molar-refractivity contribution in [2.24, 2.45) is 0 Å². The second-order valence-corrected chi connectivity index (χ2v) is 8.11. The quantitative estimate of drug-likeness (QED) is 0.420. The van der Waals surface area contributed by atoms with Gasteiger partial charge < -0.3 is 4.90 Å². The van der Waals surface area contributed by atoms with Crippen molar-refractivity contribution in [3.8, 4) is 11.3 Å². The van der Waals surface area contributed by atoms with E-state index < -0.39 is 0 Å². The molecular formula is C24H17Cl2N3O. The Balaban J connectivity index is 1.64. The SMILES string of the molecule is O=C1c2[nH]nc(-c3ccc(Cl)cc3)c2C(c2ccc(Cl)cc2)N1Cc1ccccc1. The fourth-order valence-electron chi connectivity index (χ4n) is 3.96. The van der Waals surface area contributed by atoms with Crippen LogP contribution in [0.5, 0.6) is 0 Å². The minimum atomic E-state index is -0.269. The van der Waals surface area contributed by atoms with Gasteiger partial charge in [0.15, 0.2) is 0 Å². The number of aromatic amines is 1. The molecule has 2 heterocycles. The lowest BCUT2D eigenvalue weighted by Gasteiger charge is -2.26. The number of nitrogens with zero attached hydrogens (tertiary/aromatic N) is 2. The third-order valence-electron chi connectivity index (χ3n) is 5.36. The monoisotopic (exact) mass is 433 g/mol. The van der Waals surface area contributed by atoms with Crippen LogP contribution in [-0.4, -0.2) is 21.0 Å². The minimum absolute atomic E-state index is 0.0680. The predicted octanol–water partition coefficient (Wildman–Crippen LogP) is 6.13. The van der Waals surface area contributed by atoms with Crippen LogP contribution < -0.4 is 0 Å². The molecule has 0 spiro atoms. The number of fused-ring (bicyclic) bond motifs is 1. The normalized spacial score (nSPS) is 15.5. The number of H-pyrrole nitrogens is 1. The van der Waals surface area contributed by atoms with Gasteiger partial charge in [-0.15, -0.1) is 0 Å². The molecule has 30 heavy (non-hydrogen) atoms. The summed E-state index contributed by atoms with van der Waals surface area (Å²) in [4.78, 5) is 15.2. The molecular weight excluding hydrogens is 417 g/mol. The topological polar surface area (TPSA) is 49.0 Å². The van der Waals surface area contributed by atoms with Crippen molar-refractivity contribution in [1.29, 1.82) is 0 Å². The van der Waals surface area contributed by atoms with E-state index in [0.717, 1.165) is 27.9 Å². The van der Waals surface area contributed by atoms with Gasteiger partial charge in [0.25, 0.3) is 5.91 Å². The lowest BCUT2D eigenvalue weighted by atomic mass is 9.96. The highest BCUT2D eigenvalue weighted by atomic mass is 35.5. The summed E-state index contributed by atoms with van der Waals surface area (Å²) in [6, 6.07) is 24.8. The van der Waals surface area contributed by atoms with Crippen molar-refractivity contribution in [3.63, 3.8) is 0 Å². The van der Waals surface area contributed by atoms with E-state index in [1.165, 1.54) is 0 Å². The Morgan fingerprint density at radius 1 is 0.867 bits per heavy atom. The number of hydrogen-bond acceptors (Lipinski definition) is 2. The molecule has 4 aromatic rings. The number of carbonyl (C=O) groups excluding carboxylic acids is 1. The summed E-state index contributed by atoms with van der Waals surface area (Å²) in [5, 5.41) is 8.77. The van der Waals surface area contributed by atoms with Crippen molar-refractivity contribution in [2.45, 2.75) is 12.6 Å². The number of aromatic nitrogens is 2. The van der Waals surface area contributed by atoms with E-state index in [1.54, 1.807) is 0 Å². The molecule has 1 unspecified atom stereocenters. The molecule has 4 nitrogen and oxygen atoms in total. The molecule has 1 N–H and O–H groups in total. The van der Waals surface area contributed by atoms with Crippen LogP contribution in [0.4, 0.5) is 0 Å².